The van der Waals surface area contributed by atoms with Gasteiger partial charge in [-0.15, -0.1) is 0 Å². The normalized spacial score (nSPS) is 34.8. The van der Waals surface area contributed by atoms with E-state index < -0.39 is 11.6 Å². The second-order valence-electron chi connectivity index (χ2n) is 2.99. The van der Waals surface area contributed by atoms with Gasteiger partial charge < -0.3 is 5.32 Å². The van der Waals surface area contributed by atoms with Crippen molar-refractivity contribution in [2.75, 3.05) is 13.1 Å². The van der Waals surface area contributed by atoms with E-state index in [4.69, 9.17) is 0 Å². The summed E-state index contributed by atoms with van der Waals surface area (Å²) in [6, 6.07) is 0. The third kappa shape index (κ3) is 1.12. The molecule has 1 rings (SSSR count). The SMILES string of the molecule is CC1(C(F)(F)F)CCNC1. The van der Waals surface area contributed by atoms with Crippen LogP contribution < -0.4 is 5.32 Å². The van der Waals surface area contributed by atoms with Gasteiger partial charge in [0.05, 0.1) is 5.41 Å². The van der Waals surface area contributed by atoms with Gasteiger partial charge >= 0.3 is 6.18 Å². The zero-order valence-corrected chi connectivity index (χ0v) is 5.76. The number of alkyl halides is 3. The summed E-state index contributed by atoms with van der Waals surface area (Å²) in [5.41, 5.74) is -1.48. The highest BCUT2D eigenvalue weighted by molar-refractivity contribution is 4.89. The third-order valence-corrected chi connectivity index (χ3v) is 2.05. The van der Waals surface area contributed by atoms with Gasteiger partial charge in [-0.2, -0.15) is 13.2 Å². The van der Waals surface area contributed by atoms with Crippen LogP contribution in [0.4, 0.5) is 13.2 Å². The molecule has 4 heteroatoms. The Morgan fingerprint density at radius 3 is 2.20 bits per heavy atom. The molecule has 0 bridgehead atoms. The second kappa shape index (κ2) is 2.12. The zero-order valence-electron chi connectivity index (χ0n) is 5.76. The van der Waals surface area contributed by atoms with Crippen LogP contribution in [0.2, 0.25) is 0 Å². The number of hydrogen-bond acceptors (Lipinski definition) is 1. The van der Waals surface area contributed by atoms with Gasteiger partial charge in [0.15, 0.2) is 0 Å². The van der Waals surface area contributed by atoms with Gasteiger partial charge in [0.1, 0.15) is 0 Å². The molecule has 1 aliphatic rings. The van der Waals surface area contributed by atoms with E-state index >= 15 is 0 Å². The van der Waals surface area contributed by atoms with Crippen molar-refractivity contribution in [3.05, 3.63) is 0 Å². The first-order valence-electron chi connectivity index (χ1n) is 3.23. The Balaban J connectivity index is 2.67. The summed E-state index contributed by atoms with van der Waals surface area (Å²) in [7, 11) is 0. The lowest BCUT2D eigenvalue weighted by Gasteiger charge is -2.25. The van der Waals surface area contributed by atoms with Crippen LogP contribution in [0.25, 0.3) is 0 Å². The summed E-state index contributed by atoms with van der Waals surface area (Å²) in [6.07, 6.45) is -3.84. The molecule has 0 aliphatic carbocycles. The topological polar surface area (TPSA) is 12.0 Å². The largest absolute Gasteiger partial charge is 0.395 e. The first kappa shape index (κ1) is 7.85. The molecular weight excluding hydrogens is 143 g/mol. The van der Waals surface area contributed by atoms with Crippen molar-refractivity contribution in [3.8, 4) is 0 Å². The van der Waals surface area contributed by atoms with E-state index in [1.807, 2.05) is 0 Å². The third-order valence-electron chi connectivity index (χ3n) is 2.05. The molecule has 1 unspecified atom stereocenters. The molecule has 1 nitrogen and oxygen atoms in total. The first-order valence-corrected chi connectivity index (χ1v) is 3.23. The van der Waals surface area contributed by atoms with Crippen molar-refractivity contribution in [1.82, 2.24) is 5.32 Å². The maximum atomic E-state index is 12.1. The molecule has 0 amide bonds. The van der Waals surface area contributed by atoms with Crippen LogP contribution >= 0.6 is 0 Å². The number of nitrogens with one attached hydrogen (secondary N) is 1. The molecule has 1 aliphatic heterocycles. The molecular formula is C6H10F3N. The summed E-state index contributed by atoms with van der Waals surface area (Å²) in [5.74, 6) is 0. The van der Waals surface area contributed by atoms with Crippen LogP contribution in [0.5, 0.6) is 0 Å². The van der Waals surface area contributed by atoms with E-state index in [1.165, 1.54) is 6.92 Å². The van der Waals surface area contributed by atoms with Gasteiger partial charge in [0, 0.05) is 6.54 Å². The Morgan fingerprint density at radius 2 is 2.00 bits per heavy atom. The minimum atomic E-state index is -4.05. The lowest BCUT2D eigenvalue weighted by Crippen LogP contribution is -2.36. The minimum absolute atomic E-state index is 0.0660. The lowest BCUT2D eigenvalue weighted by molar-refractivity contribution is -0.210. The molecule has 60 valence electrons. The standard InChI is InChI=1S/C6H10F3N/c1-5(6(7,8)9)2-3-10-4-5/h10H,2-4H2,1H3. The van der Waals surface area contributed by atoms with Crippen LogP contribution in [-0.4, -0.2) is 19.3 Å². The van der Waals surface area contributed by atoms with Crippen molar-refractivity contribution < 1.29 is 13.2 Å². The minimum Gasteiger partial charge on any atom is -0.316 e. The molecule has 1 heterocycles. The summed E-state index contributed by atoms with van der Waals surface area (Å²) in [6.45, 7) is 1.81. The average molecular weight is 153 g/mol. The van der Waals surface area contributed by atoms with Crippen molar-refractivity contribution in [1.29, 1.82) is 0 Å². The Hall–Kier alpha value is -0.250. The predicted molar refractivity (Wildman–Crippen MR) is 31.6 cm³/mol. The maximum Gasteiger partial charge on any atom is 0.395 e. The fraction of sp³-hybridized carbons (Fsp3) is 1.00. The van der Waals surface area contributed by atoms with Crippen molar-refractivity contribution >= 4 is 0 Å². The average Bonchev–Trinajstić information content (AvgIpc) is 2.13. The van der Waals surface area contributed by atoms with Crippen LogP contribution in [0, 0.1) is 5.41 Å². The fourth-order valence-electron chi connectivity index (χ4n) is 1.06. The van der Waals surface area contributed by atoms with Crippen molar-refractivity contribution in [2.45, 2.75) is 19.5 Å². The Bertz CT molecular complexity index is 123. The number of hydrogen-bond donors (Lipinski definition) is 1. The van der Waals surface area contributed by atoms with E-state index in [2.05, 4.69) is 5.32 Å². The maximum absolute atomic E-state index is 12.1. The Kier molecular flexibility index (Phi) is 1.66. The second-order valence-corrected chi connectivity index (χ2v) is 2.99. The van der Waals surface area contributed by atoms with Gasteiger partial charge in [0.2, 0.25) is 0 Å². The number of halogens is 3. The summed E-state index contributed by atoms with van der Waals surface area (Å²) < 4.78 is 36.3. The zero-order chi connectivity index (χ0) is 7.83. The van der Waals surface area contributed by atoms with Crippen LogP contribution in [-0.2, 0) is 0 Å². The van der Waals surface area contributed by atoms with E-state index in [-0.39, 0.29) is 13.0 Å². The quantitative estimate of drug-likeness (QED) is 0.556. The highest BCUT2D eigenvalue weighted by atomic mass is 19.4. The molecule has 0 aromatic carbocycles. The van der Waals surface area contributed by atoms with Crippen LogP contribution in [0.15, 0.2) is 0 Å². The molecule has 0 spiro atoms. The van der Waals surface area contributed by atoms with Crippen LogP contribution in [0.3, 0.4) is 0 Å². The van der Waals surface area contributed by atoms with Crippen molar-refractivity contribution in [2.24, 2.45) is 5.41 Å². The van der Waals surface area contributed by atoms with Gasteiger partial charge in [-0.25, -0.2) is 0 Å². The van der Waals surface area contributed by atoms with Gasteiger partial charge in [-0.1, -0.05) is 0 Å². The van der Waals surface area contributed by atoms with Gasteiger partial charge in [-0.05, 0) is 19.9 Å². The number of rotatable bonds is 0. The van der Waals surface area contributed by atoms with E-state index in [0.29, 0.717) is 6.54 Å². The molecule has 1 saturated heterocycles. The summed E-state index contributed by atoms with van der Waals surface area (Å²) >= 11 is 0. The van der Waals surface area contributed by atoms with Crippen LogP contribution in [0.1, 0.15) is 13.3 Å². The van der Waals surface area contributed by atoms with Crippen molar-refractivity contribution in [3.63, 3.8) is 0 Å². The van der Waals surface area contributed by atoms with Gasteiger partial charge in [-0.3, -0.25) is 0 Å². The first-order chi connectivity index (χ1) is 4.46. The monoisotopic (exact) mass is 153 g/mol. The Labute approximate surface area is 57.6 Å². The molecule has 1 atom stereocenters. The molecule has 0 saturated carbocycles. The smallest absolute Gasteiger partial charge is 0.316 e. The molecule has 0 aromatic rings. The molecule has 10 heavy (non-hydrogen) atoms. The lowest BCUT2D eigenvalue weighted by atomic mass is 9.89. The van der Waals surface area contributed by atoms with Gasteiger partial charge in [0.25, 0.3) is 0 Å². The summed E-state index contributed by atoms with van der Waals surface area (Å²) in [4.78, 5) is 0. The molecule has 1 N–H and O–H groups in total. The van der Waals surface area contributed by atoms with E-state index in [0.717, 1.165) is 0 Å². The molecule has 0 aromatic heterocycles. The fourth-order valence-corrected chi connectivity index (χ4v) is 1.06. The highest BCUT2D eigenvalue weighted by Gasteiger charge is 2.52. The molecule has 0 radical (unpaired) electrons. The summed E-state index contributed by atoms with van der Waals surface area (Å²) in [5, 5.41) is 2.70. The van der Waals surface area contributed by atoms with E-state index in [9.17, 15) is 13.2 Å². The Morgan fingerprint density at radius 1 is 1.40 bits per heavy atom. The molecule has 1 fully saturated rings. The highest BCUT2D eigenvalue weighted by Crippen LogP contribution is 2.41. The van der Waals surface area contributed by atoms with E-state index in [1.54, 1.807) is 0 Å². The predicted octanol–water partition coefficient (Wildman–Crippen LogP) is 1.55.